The van der Waals surface area contributed by atoms with Crippen LogP contribution in [0.15, 0.2) is 0 Å². The lowest BCUT2D eigenvalue weighted by molar-refractivity contribution is -0.124. The largest absolute Gasteiger partial charge is 0.355 e. The topological polar surface area (TPSA) is 58.4 Å². The van der Waals surface area contributed by atoms with Crippen molar-refractivity contribution >= 4 is 5.91 Å². The summed E-state index contributed by atoms with van der Waals surface area (Å²) in [7, 11) is 0. The fourth-order valence-corrected chi connectivity index (χ4v) is 2.48. The highest BCUT2D eigenvalue weighted by atomic mass is 16.1. The minimum Gasteiger partial charge on any atom is -0.355 e. The maximum absolute atomic E-state index is 11.8. The van der Waals surface area contributed by atoms with Gasteiger partial charge in [0.1, 0.15) is 0 Å². The van der Waals surface area contributed by atoms with Crippen LogP contribution in [0.25, 0.3) is 0 Å². The van der Waals surface area contributed by atoms with Gasteiger partial charge in [-0.25, -0.2) is 0 Å². The van der Waals surface area contributed by atoms with Crippen LogP contribution in [0.3, 0.4) is 0 Å². The molecule has 0 heterocycles. The normalized spacial score (nSPS) is 24.2. The number of carbonyl (C=O) groups is 1. The minimum absolute atomic E-state index is 0.159. The van der Waals surface area contributed by atoms with E-state index in [9.17, 15) is 4.79 Å². The number of likely N-dealkylation sites (N-methyl/N-ethyl adjacent to an activating group) is 1. The Bertz CT molecular complexity index is 233. The number of amides is 1. The van der Waals surface area contributed by atoms with Crippen molar-refractivity contribution in [3.05, 3.63) is 0 Å². The Labute approximate surface area is 105 Å². The van der Waals surface area contributed by atoms with Gasteiger partial charge in [-0.3, -0.25) is 4.79 Å². The molecular formula is C13H27N3O. The lowest BCUT2D eigenvalue weighted by Gasteiger charge is -2.20. The summed E-state index contributed by atoms with van der Waals surface area (Å²) in [5.74, 6) is 0.358. The van der Waals surface area contributed by atoms with Crippen LogP contribution in [-0.4, -0.2) is 43.0 Å². The van der Waals surface area contributed by atoms with Crippen molar-refractivity contribution in [1.29, 1.82) is 0 Å². The van der Waals surface area contributed by atoms with Crippen molar-refractivity contribution in [2.24, 2.45) is 11.7 Å². The summed E-state index contributed by atoms with van der Waals surface area (Å²) in [6.07, 6.45) is 3.98. The van der Waals surface area contributed by atoms with Gasteiger partial charge in [0.25, 0.3) is 0 Å². The highest BCUT2D eigenvalue weighted by molar-refractivity contribution is 5.78. The summed E-state index contributed by atoms with van der Waals surface area (Å²) in [5, 5.41) is 3.03. The number of nitrogens with zero attached hydrogens (tertiary/aromatic N) is 1. The molecule has 0 saturated heterocycles. The average Bonchev–Trinajstić information content (AvgIpc) is 2.74. The first-order valence-corrected chi connectivity index (χ1v) is 6.93. The molecular weight excluding hydrogens is 214 g/mol. The first kappa shape index (κ1) is 14.5. The molecule has 2 unspecified atom stereocenters. The average molecular weight is 241 g/mol. The third kappa shape index (κ3) is 5.04. The van der Waals surface area contributed by atoms with E-state index >= 15 is 0 Å². The van der Waals surface area contributed by atoms with Crippen molar-refractivity contribution in [2.75, 3.05) is 26.2 Å². The van der Waals surface area contributed by atoms with E-state index in [0.29, 0.717) is 0 Å². The second kappa shape index (κ2) is 7.67. The van der Waals surface area contributed by atoms with Crippen LogP contribution in [0.2, 0.25) is 0 Å². The van der Waals surface area contributed by atoms with E-state index in [1.807, 2.05) is 0 Å². The number of nitrogens with one attached hydrogen (secondary N) is 1. The molecule has 1 aliphatic rings. The summed E-state index contributed by atoms with van der Waals surface area (Å²) in [6, 6.07) is 0.234. The summed E-state index contributed by atoms with van der Waals surface area (Å²) in [5.41, 5.74) is 5.81. The predicted molar refractivity (Wildman–Crippen MR) is 70.7 cm³/mol. The zero-order valence-electron chi connectivity index (χ0n) is 11.2. The van der Waals surface area contributed by atoms with Gasteiger partial charge in [-0.15, -0.1) is 0 Å². The zero-order valence-corrected chi connectivity index (χ0v) is 11.2. The molecule has 1 amide bonds. The van der Waals surface area contributed by atoms with Crippen LogP contribution in [0, 0.1) is 5.92 Å². The monoisotopic (exact) mass is 241 g/mol. The van der Waals surface area contributed by atoms with Gasteiger partial charge in [0.2, 0.25) is 5.91 Å². The lowest BCUT2D eigenvalue weighted by Crippen LogP contribution is -2.37. The predicted octanol–water partition coefficient (Wildman–Crippen LogP) is 0.962. The first-order chi connectivity index (χ1) is 8.17. The Morgan fingerprint density at radius 1 is 1.35 bits per heavy atom. The molecule has 0 aromatic rings. The molecule has 0 aliphatic heterocycles. The van der Waals surface area contributed by atoms with Crippen molar-refractivity contribution in [1.82, 2.24) is 10.2 Å². The van der Waals surface area contributed by atoms with E-state index in [4.69, 9.17) is 5.73 Å². The molecule has 1 saturated carbocycles. The number of hydrogen-bond donors (Lipinski definition) is 2. The summed E-state index contributed by atoms with van der Waals surface area (Å²) < 4.78 is 0. The Morgan fingerprint density at radius 2 is 2.12 bits per heavy atom. The van der Waals surface area contributed by atoms with Crippen LogP contribution in [-0.2, 0) is 4.79 Å². The number of nitrogens with two attached hydrogens (primary N) is 1. The molecule has 3 N–H and O–H groups in total. The molecule has 0 aromatic heterocycles. The molecule has 1 rings (SSSR count). The smallest absolute Gasteiger partial charge is 0.223 e. The fourth-order valence-electron chi connectivity index (χ4n) is 2.48. The SMILES string of the molecule is CCCN(CC)CCNC(=O)C1CCC(N)C1. The number of rotatable bonds is 7. The summed E-state index contributed by atoms with van der Waals surface area (Å²) in [4.78, 5) is 14.2. The van der Waals surface area contributed by atoms with Crippen molar-refractivity contribution < 1.29 is 4.79 Å². The quantitative estimate of drug-likeness (QED) is 0.698. The minimum atomic E-state index is 0.159. The van der Waals surface area contributed by atoms with Gasteiger partial charge >= 0.3 is 0 Å². The Hall–Kier alpha value is -0.610. The van der Waals surface area contributed by atoms with E-state index in [1.165, 1.54) is 6.42 Å². The molecule has 0 spiro atoms. The van der Waals surface area contributed by atoms with Crippen LogP contribution in [0.4, 0.5) is 0 Å². The van der Waals surface area contributed by atoms with Gasteiger partial charge in [-0.2, -0.15) is 0 Å². The van der Waals surface area contributed by atoms with E-state index in [1.54, 1.807) is 0 Å². The van der Waals surface area contributed by atoms with Gasteiger partial charge in [-0.05, 0) is 38.8 Å². The fraction of sp³-hybridized carbons (Fsp3) is 0.923. The second-order valence-corrected chi connectivity index (χ2v) is 5.00. The van der Waals surface area contributed by atoms with E-state index in [-0.39, 0.29) is 17.9 Å². The molecule has 1 fully saturated rings. The molecule has 17 heavy (non-hydrogen) atoms. The zero-order chi connectivity index (χ0) is 12.7. The lowest BCUT2D eigenvalue weighted by atomic mass is 10.1. The summed E-state index contributed by atoms with van der Waals surface area (Å²) in [6.45, 7) is 8.22. The molecule has 2 atom stereocenters. The highest BCUT2D eigenvalue weighted by Crippen LogP contribution is 2.23. The van der Waals surface area contributed by atoms with Crippen LogP contribution in [0.1, 0.15) is 39.5 Å². The van der Waals surface area contributed by atoms with Crippen LogP contribution >= 0.6 is 0 Å². The van der Waals surface area contributed by atoms with E-state index < -0.39 is 0 Å². The molecule has 0 bridgehead atoms. The summed E-state index contributed by atoms with van der Waals surface area (Å²) >= 11 is 0. The third-order valence-electron chi connectivity index (χ3n) is 3.56. The van der Waals surface area contributed by atoms with Gasteiger partial charge in [0.05, 0.1) is 0 Å². The van der Waals surface area contributed by atoms with Crippen molar-refractivity contribution in [2.45, 2.75) is 45.6 Å². The Morgan fingerprint density at radius 3 is 2.65 bits per heavy atom. The van der Waals surface area contributed by atoms with Crippen molar-refractivity contribution in [3.63, 3.8) is 0 Å². The van der Waals surface area contributed by atoms with Crippen molar-refractivity contribution in [3.8, 4) is 0 Å². The van der Waals surface area contributed by atoms with Gasteiger partial charge < -0.3 is 16.0 Å². The van der Waals surface area contributed by atoms with Crippen LogP contribution < -0.4 is 11.1 Å². The molecule has 100 valence electrons. The second-order valence-electron chi connectivity index (χ2n) is 5.00. The Kier molecular flexibility index (Phi) is 6.52. The maximum Gasteiger partial charge on any atom is 0.223 e. The molecule has 0 radical (unpaired) electrons. The number of hydrogen-bond acceptors (Lipinski definition) is 3. The molecule has 1 aliphatic carbocycles. The first-order valence-electron chi connectivity index (χ1n) is 6.93. The molecule has 0 aromatic carbocycles. The molecule has 4 heteroatoms. The standard InChI is InChI=1S/C13H27N3O/c1-3-8-16(4-2)9-7-15-13(17)11-5-6-12(14)10-11/h11-12H,3-10,14H2,1-2H3,(H,15,17). The van der Waals surface area contributed by atoms with E-state index in [2.05, 4.69) is 24.1 Å². The van der Waals surface area contributed by atoms with E-state index in [0.717, 1.165) is 45.4 Å². The molecule has 4 nitrogen and oxygen atoms in total. The van der Waals surface area contributed by atoms with Gasteiger partial charge in [0, 0.05) is 25.0 Å². The van der Waals surface area contributed by atoms with Crippen LogP contribution in [0.5, 0.6) is 0 Å². The maximum atomic E-state index is 11.8. The van der Waals surface area contributed by atoms with Gasteiger partial charge in [0.15, 0.2) is 0 Å². The highest BCUT2D eigenvalue weighted by Gasteiger charge is 2.27. The Balaban J connectivity index is 2.15. The number of carbonyl (C=O) groups excluding carboxylic acids is 1. The van der Waals surface area contributed by atoms with Gasteiger partial charge in [-0.1, -0.05) is 13.8 Å². The third-order valence-corrected chi connectivity index (χ3v) is 3.56.